The van der Waals surface area contributed by atoms with Gasteiger partial charge in [-0.05, 0) is 17.7 Å². The molecule has 1 N–H and O–H groups in total. The number of carboxylic acid groups (broad SMARTS) is 1. The Hall–Kier alpha value is -1.52. The van der Waals surface area contributed by atoms with Gasteiger partial charge in [0.15, 0.2) is 0 Å². The summed E-state index contributed by atoms with van der Waals surface area (Å²) in [5.74, 6) is -0.216. The van der Waals surface area contributed by atoms with Gasteiger partial charge in [-0.3, -0.25) is 0 Å². The molecule has 0 saturated heterocycles. The van der Waals surface area contributed by atoms with Crippen LogP contribution in [0.5, 0.6) is 0 Å². The molecule has 5 heteroatoms. The van der Waals surface area contributed by atoms with Crippen molar-refractivity contribution < 1.29 is 9.90 Å². The van der Waals surface area contributed by atoms with Crippen molar-refractivity contribution in [1.29, 1.82) is 0 Å². The summed E-state index contributed by atoms with van der Waals surface area (Å²) < 4.78 is 0. The number of nitrogens with zero attached hydrogens (tertiary/aromatic N) is 1. The number of hydrogen-bond donors (Lipinski definition) is 1. The van der Waals surface area contributed by atoms with Crippen LogP contribution in [0.15, 0.2) is 53.7 Å². The Bertz CT molecular complexity index is 519. The van der Waals surface area contributed by atoms with Gasteiger partial charge in [-0.1, -0.05) is 30.3 Å². The van der Waals surface area contributed by atoms with Gasteiger partial charge in [0, 0.05) is 11.9 Å². The summed E-state index contributed by atoms with van der Waals surface area (Å²) in [6.07, 6.45) is 1.61. The molecule has 0 fully saturated rings. The van der Waals surface area contributed by atoms with Gasteiger partial charge < -0.3 is 5.11 Å². The van der Waals surface area contributed by atoms with Gasteiger partial charge in [-0.25, -0.2) is 9.78 Å². The molecule has 1 heterocycles. The summed E-state index contributed by atoms with van der Waals surface area (Å²) in [6, 6.07) is 13.1. The number of hydrogen-bond acceptors (Lipinski definition) is 3. The van der Waals surface area contributed by atoms with Crippen molar-refractivity contribution in [2.75, 3.05) is 0 Å². The Morgan fingerprint density at radius 3 is 2.56 bits per heavy atom. The summed E-state index contributed by atoms with van der Waals surface area (Å²) in [6.45, 7) is 0. The standard InChI is InChI=1S/C13H11NO2S.ClH/c15-13(16)11-7-4-8-14-12(11)17-9-10-5-2-1-3-6-10;/h1-8H,9H2,(H,15,16);1H. The average molecular weight is 282 g/mol. The maximum atomic E-state index is 11.0. The molecular formula is C13H12ClNO2S. The lowest BCUT2D eigenvalue weighted by Crippen LogP contribution is -2.00. The molecule has 0 radical (unpaired) electrons. The van der Waals surface area contributed by atoms with E-state index in [9.17, 15) is 4.79 Å². The highest BCUT2D eigenvalue weighted by molar-refractivity contribution is 7.98. The molecule has 0 spiro atoms. The van der Waals surface area contributed by atoms with E-state index >= 15 is 0 Å². The first-order chi connectivity index (χ1) is 8.27. The van der Waals surface area contributed by atoms with E-state index in [0.717, 1.165) is 11.3 Å². The van der Waals surface area contributed by atoms with Crippen molar-refractivity contribution in [2.24, 2.45) is 0 Å². The highest BCUT2D eigenvalue weighted by Gasteiger charge is 2.10. The van der Waals surface area contributed by atoms with Crippen LogP contribution in [0.25, 0.3) is 0 Å². The molecular weight excluding hydrogens is 270 g/mol. The van der Waals surface area contributed by atoms with E-state index in [1.54, 1.807) is 18.3 Å². The molecule has 0 aliphatic carbocycles. The molecule has 0 saturated carbocycles. The number of carbonyl (C=O) groups is 1. The maximum Gasteiger partial charge on any atom is 0.338 e. The van der Waals surface area contributed by atoms with Crippen LogP contribution in [0.2, 0.25) is 0 Å². The zero-order chi connectivity index (χ0) is 12.1. The van der Waals surface area contributed by atoms with Crippen molar-refractivity contribution in [3.8, 4) is 0 Å². The molecule has 1 aromatic carbocycles. The molecule has 0 aliphatic heterocycles. The van der Waals surface area contributed by atoms with Gasteiger partial charge in [0.05, 0.1) is 5.56 Å². The summed E-state index contributed by atoms with van der Waals surface area (Å²) in [5.41, 5.74) is 1.41. The average Bonchev–Trinajstić information content (AvgIpc) is 2.38. The number of halogens is 1. The molecule has 0 bridgehead atoms. The second kappa shape index (κ2) is 7.03. The summed E-state index contributed by atoms with van der Waals surface area (Å²) in [5, 5.41) is 9.57. The normalized spacial score (nSPS) is 9.56. The fraction of sp³-hybridized carbons (Fsp3) is 0.0769. The number of benzene rings is 1. The Morgan fingerprint density at radius 2 is 1.89 bits per heavy atom. The lowest BCUT2D eigenvalue weighted by atomic mass is 10.2. The van der Waals surface area contributed by atoms with Crippen molar-refractivity contribution in [3.63, 3.8) is 0 Å². The van der Waals surface area contributed by atoms with Gasteiger partial charge in [0.25, 0.3) is 0 Å². The smallest absolute Gasteiger partial charge is 0.338 e. The van der Waals surface area contributed by atoms with Crippen LogP contribution in [0.4, 0.5) is 0 Å². The second-order valence-electron chi connectivity index (χ2n) is 3.44. The van der Waals surface area contributed by atoms with Crippen LogP contribution < -0.4 is 0 Å². The minimum atomic E-state index is -0.936. The molecule has 2 aromatic rings. The molecule has 1 aromatic heterocycles. The van der Waals surface area contributed by atoms with Crippen molar-refractivity contribution in [2.45, 2.75) is 10.8 Å². The number of aromatic carboxylic acids is 1. The van der Waals surface area contributed by atoms with E-state index in [4.69, 9.17) is 5.11 Å². The third-order valence-electron chi connectivity index (χ3n) is 2.22. The first-order valence-corrected chi connectivity index (χ1v) is 6.11. The van der Waals surface area contributed by atoms with Gasteiger partial charge >= 0.3 is 5.97 Å². The van der Waals surface area contributed by atoms with Gasteiger partial charge in [-0.2, -0.15) is 0 Å². The van der Waals surface area contributed by atoms with Crippen LogP contribution in [0.1, 0.15) is 15.9 Å². The van der Waals surface area contributed by atoms with E-state index in [1.165, 1.54) is 11.8 Å². The van der Waals surface area contributed by atoms with E-state index in [0.29, 0.717) is 5.03 Å². The first kappa shape index (κ1) is 14.5. The SMILES string of the molecule is Cl.O=C(O)c1cccnc1SCc1ccccc1. The predicted octanol–water partition coefficient (Wildman–Crippen LogP) is 3.49. The van der Waals surface area contributed by atoms with Gasteiger partial charge in [-0.15, -0.1) is 24.2 Å². The van der Waals surface area contributed by atoms with Gasteiger partial charge in [0.1, 0.15) is 5.03 Å². The van der Waals surface area contributed by atoms with Crippen molar-refractivity contribution >= 4 is 30.1 Å². The highest BCUT2D eigenvalue weighted by Crippen LogP contribution is 2.23. The highest BCUT2D eigenvalue weighted by atomic mass is 35.5. The van der Waals surface area contributed by atoms with Crippen LogP contribution in [-0.2, 0) is 5.75 Å². The Balaban J connectivity index is 0.00000162. The minimum absolute atomic E-state index is 0. The van der Waals surface area contributed by atoms with Gasteiger partial charge in [0.2, 0.25) is 0 Å². The molecule has 18 heavy (non-hydrogen) atoms. The van der Waals surface area contributed by atoms with Crippen LogP contribution in [0.3, 0.4) is 0 Å². The molecule has 94 valence electrons. The predicted molar refractivity (Wildman–Crippen MR) is 74.4 cm³/mol. The van der Waals surface area contributed by atoms with Crippen LogP contribution >= 0.6 is 24.2 Å². The zero-order valence-corrected chi connectivity index (χ0v) is 11.1. The van der Waals surface area contributed by atoms with Crippen LogP contribution in [-0.4, -0.2) is 16.1 Å². The number of thioether (sulfide) groups is 1. The first-order valence-electron chi connectivity index (χ1n) is 5.12. The number of carboxylic acids is 1. The minimum Gasteiger partial charge on any atom is -0.478 e. The number of pyridine rings is 1. The molecule has 3 nitrogen and oxygen atoms in total. The Morgan fingerprint density at radius 1 is 1.17 bits per heavy atom. The monoisotopic (exact) mass is 281 g/mol. The van der Waals surface area contributed by atoms with E-state index < -0.39 is 5.97 Å². The number of aromatic nitrogens is 1. The quantitative estimate of drug-likeness (QED) is 0.872. The fourth-order valence-corrected chi connectivity index (χ4v) is 2.34. The Labute approximate surface area is 116 Å². The second-order valence-corrected chi connectivity index (χ2v) is 4.40. The van der Waals surface area contributed by atoms with E-state index in [1.807, 2.05) is 30.3 Å². The fourth-order valence-electron chi connectivity index (χ4n) is 1.39. The molecule has 0 aliphatic rings. The van der Waals surface area contributed by atoms with Crippen molar-refractivity contribution in [3.05, 3.63) is 59.8 Å². The third-order valence-corrected chi connectivity index (χ3v) is 3.30. The molecule has 0 amide bonds. The molecule has 0 unspecified atom stereocenters. The van der Waals surface area contributed by atoms with Crippen LogP contribution in [0, 0.1) is 0 Å². The topological polar surface area (TPSA) is 50.2 Å². The summed E-state index contributed by atoms with van der Waals surface area (Å²) >= 11 is 1.44. The summed E-state index contributed by atoms with van der Waals surface area (Å²) in [7, 11) is 0. The molecule has 2 rings (SSSR count). The largest absolute Gasteiger partial charge is 0.478 e. The zero-order valence-electron chi connectivity index (χ0n) is 9.45. The Kier molecular flexibility index (Phi) is 5.68. The van der Waals surface area contributed by atoms with E-state index in [2.05, 4.69) is 4.98 Å². The van der Waals surface area contributed by atoms with E-state index in [-0.39, 0.29) is 18.0 Å². The molecule has 0 atom stereocenters. The van der Waals surface area contributed by atoms with Crippen molar-refractivity contribution in [1.82, 2.24) is 4.98 Å². The lowest BCUT2D eigenvalue weighted by Gasteiger charge is -2.04. The maximum absolute atomic E-state index is 11.0. The number of rotatable bonds is 4. The third kappa shape index (κ3) is 3.75. The lowest BCUT2D eigenvalue weighted by molar-refractivity contribution is 0.0692. The summed E-state index contributed by atoms with van der Waals surface area (Å²) in [4.78, 5) is 15.1.